The number of benzene rings is 3. The summed E-state index contributed by atoms with van der Waals surface area (Å²) in [5.41, 5.74) is 1.14. The quantitative estimate of drug-likeness (QED) is 0.271. The molecule has 0 aliphatic heterocycles. The van der Waals surface area contributed by atoms with E-state index in [4.69, 9.17) is 23.9 Å². The van der Waals surface area contributed by atoms with Gasteiger partial charge in [-0.05, 0) is 36.4 Å². The van der Waals surface area contributed by atoms with Gasteiger partial charge in [0.15, 0.2) is 17.4 Å². The van der Waals surface area contributed by atoms with Crippen LogP contribution in [0.5, 0.6) is 0 Å². The monoisotopic (exact) mass is 473 g/mol. The summed E-state index contributed by atoms with van der Waals surface area (Å²) in [7, 11) is 6.33. The Balaban J connectivity index is 2.08. The Kier molecular flexibility index (Phi) is 9.57. The van der Waals surface area contributed by atoms with E-state index >= 15 is 0 Å². The second kappa shape index (κ2) is 13.1. The summed E-state index contributed by atoms with van der Waals surface area (Å²) < 4.78 is 23.3. The molecule has 3 rings (SSSR count). The molecule has 0 fully saturated rings. The Bertz CT molecular complexity index is 1070. The van der Waals surface area contributed by atoms with Gasteiger partial charge in [-0.1, -0.05) is 54.6 Å². The predicted octanol–water partition coefficient (Wildman–Crippen LogP) is 6.28. The number of methoxy groups -OCH3 is 4. The molecule has 0 spiro atoms. The zero-order valence-corrected chi connectivity index (χ0v) is 20.5. The van der Waals surface area contributed by atoms with Gasteiger partial charge in [-0.25, -0.2) is 15.0 Å². The lowest BCUT2D eigenvalue weighted by molar-refractivity contribution is 0.0358. The number of hydrogen-bond donors (Lipinski definition) is 0. The molecule has 3 aromatic rings. The second-order valence-electron chi connectivity index (χ2n) is 7.60. The van der Waals surface area contributed by atoms with Crippen molar-refractivity contribution in [3.63, 3.8) is 0 Å². The van der Waals surface area contributed by atoms with E-state index in [9.17, 15) is 0 Å². The Labute approximate surface area is 206 Å². The maximum Gasteiger partial charge on any atom is 0.222 e. The summed E-state index contributed by atoms with van der Waals surface area (Å²) in [6, 6.07) is 28.7. The van der Waals surface area contributed by atoms with Crippen LogP contribution < -0.4 is 0 Å². The average molecular weight is 474 g/mol. The second-order valence-corrected chi connectivity index (χ2v) is 7.60. The summed E-state index contributed by atoms with van der Waals surface area (Å²) >= 11 is 0. The van der Waals surface area contributed by atoms with Gasteiger partial charge in [0.1, 0.15) is 0 Å². The van der Waals surface area contributed by atoms with Gasteiger partial charge >= 0.3 is 0 Å². The zero-order chi connectivity index (χ0) is 24.9. The molecule has 0 radical (unpaired) electrons. The topological polar surface area (TPSA) is 74.0 Å². The van der Waals surface area contributed by atoms with Gasteiger partial charge in [0.25, 0.3) is 0 Å². The fourth-order valence-corrected chi connectivity index (χ4v) is 3.49. The van der Waals surface area contributed by atoms with Crippen LogP contribution in [0.25, 0.3) is 0 Å². The Morgan fingerprint density at radius 2 is 0.914 bits per heavy atom. The SMILES string of the molecule is COC(CC(CC(=Nc1ccccc1)OC)(OC)C(=Nc1ccccc1)OC)=Nc1ccccc1. The number of para-hydroxylation sites is 3. The molecule has 0 N–H and O–H groups in total. The van der Waals surface area contributed by atoms with Crippen molar-refractivity contribution in [2.45, 2.75) is 18.4 Å². The van der Waals surface area contributed by atoms with Gasteiger partial charge in [-0.3, -0.25) is 0 Å². The van der Waals surface area contributed by atoms with Gasteiger partial charge in [0, 0.05) is 7.11 Å². The molecular weight excluding hydrogens is 442 g/mol. The van der Waals surface area contributed by atoms with Crippen LogP contribution in [0.2, 0.25) is 0 Å². The maximum atomic E-state index is 6.13. The van der Waals surface area contributed by atoms with Crippen LogP contribution in [-0.2, 0) is 18.9 Å². The average Bonchev–Trinajstić information content (AvgIpc) is 2.92. The lowest BCUT2D eigenvalue weighted by Crippen LogP contribution is -2.46. The molecule has 0 heterocycles. The fourth-order valence-electron chi connectivity index (χ4n) is 3.49. The van der Waals surface area contributed by atoms with Crippen LogP contribution in [0.3, 0.4) is 0 Å². The molecule has 0 bridgehead atoms. The van der Waals surface area contributed by atoms with Crippen molar-refractivity contribution in [2.24, 2.45) is 15.0 Å². The smallest absolute Gasteiger partial charge is 0.222 e. The first-order valence-electron chi connectivity index (χ1n) is 11.2. The van der Waals surface area contributed by atoms with E-state index in [-0.39, 0.29) is 12.8 Å². The minimum absolute atomic E-state index is 0.228. The Morgan fingerprint density at radius 1 is 0.543 bits per heavy atom. The summed E-state index contributed by atoms with van der Waals surface area (Å²) in [6.07, 6.45) is 0.455. The van der Waals surface area contributed by atoms with E-state index in [1.54, 1.807) is 28.4 Å². The van der Waals surface area contributed by atoms with Crippen molar-refractivity contribution in [1.29, 1.82) is 0 Å². The molecule has 0 aliphatic carbocycles. The maximum absolute atomic E-state index is 6.13. The van der Waals surface area contributed by atoms with Crippen molar-refractivity contribution in [2.75, 3.05) is 28.4 Å². The van der Waals surface area contributed by atoms with Gasteiger partial charge in [0.05, 0.1) is 51.2 Å². The predicted molar refractivity (Wildman–Crippen MR) is 141 cm³/mol. The highest BCUT2D eigenvalue weighted by Gasteiger charge is 2.42. The summed E-state index contributed by atoms with van der Waals surface area (Å²) in [5, 5.41) is 0. The molecule has 0 atom stereocenters. The standard InChI is InChI=1S/C28H31N3O4/c1-32-25(29-22-14-8-5-9-15-22)20-28(35-4,27(34-3)31-24-18-12-7-13-19-24)21-26(33-2)30-23-16-10-6-11-17-23/h5-19H,20-21H2,1-4H3. The van der Waals surface area contributed by atoms with E-state index < -0.39 is 5.60 Å². The highest BCUT2D eigenvalue weighted by Crippen LogP contribution is 2.29. The van der Waals surface area contributed by atoms with E-state index in [0.717, 1.165) is 17.1 Å². The highest BCUT2D eigenvalue weighted by molar-refractivity contribution is 5.97. The van der Waals surface area contributed by atoms with Crippen LogP contribution in [0.1, 0.15) is 12.8 Å². The van der Waals surface area contributed by atoms with E-state index in [1.807, 2.05) is 91.0 Å². The number of nitrogens with zero attached hydrogens (tertiary/aromatic N) is 3. The largest absolute Gasteiger partial charge is 0.484 e. The third kappa shape index (κ3) is 7.25. The molecule has 7 nitrogen and oxygen atoms in total. The summed E-state index contributed by atoms with van der Waals surface area (Å²) in [4.78, 5) is 14.1. The highest BCUT2D eigenvalue weighted by atomic mass is 16.5. The molecule has 182 valence electrons. The fraction of sp³-hybridized carbons (Fsp3) is 0.250. The van der Waals surface area contributed by atoms with Gasteiger partial charge in [-0.15, -0.1) is 0 Å². The third-order valence-corrected chi connectivity index (χ3v) is 5.33. The lowest BCUT2D eigenvalue weighted by Gasteiger charge is -2.32. The van der Waals surface area contributed by atoms with Crippen LogP contribution >= 0.6 is 0 Å². The lowest BCUT2D eigenvalue weighted by atomic mass is 9.93. The number of ether oxygens (including phenoxy) is 4. The van der Waals surface area contributed by atoms with Crippen LogP contribution in [0, 0.1) is 0 Å². The van der Waals surface area contributed by atoms with E-state index in [0.29, 0.717) is 17.7 Å². The summed E-state index contributed by atoms with van der Waals surface area (Å²) in [5.74, 6) is 1.25. The van der Waals surface area contributed by atoms with Crippen molar-refractivity contribution >= 4 is 34.8 Å². The minimum Gasteiger partial charge on any atom is -0.484 e. The van der Waals surface area contributed by atoms with Crippen LogP contribution in [-0.4, -0.2) is 51.7 Å². The van der Waals surface area contributed by atoms with E-state index in [2.05, 4.69) is 9.98 Å². The molecule has 0 aromatic heterocycles. The zero-order valence-electron chi connectivity index (χ0n) is 20.5. The molecule has 0 unspecified atom stereocenters. The van der Waals surface area contributed by atoms with Crippen molar-refractivity contribution < 1.29 is 18.9 Å². The third-order valence-electron chi connectivity index (χ3n) is 5.33. The normalized spacial score (nSPS) is 14.2. The molecular formula is C28H31N3O4. The van der Waals surface area contributed by atoms with Crippen LogP contribution in [0.4, 0.5) is 17.1 Å². The number of rotatable bonds is 9. The molecule has 3 aromatic carbocycles. The summed E-state index contributed by atoms with van der Waals surface area (Å²) in [6.45, 7) is 0. The molecule has 0 aliphatic rings. The first-order valence-corrected chi connectivity index (χ1v) is 11.2. The first kappa shape index (κ1) is 25.6. The number of aliphatic imine (C=N–C) groups is 3. The molecule has 7 heteroatoms. The van der Waals surface area contributed by atoms with Gasteiger partial charge < -0.3 is 18.9 Å². The Morgan fingerprint density at radius 3 is 1.23 bits per heavy atom. The first-order chi connectivity index (χ1) is 17.1. The molecule has 0 saturated heterocycles. The minimum atomic E-state index is -1.11. The molecule has 0 amide bonds. The molecule has 35 heavy (non-hydrogen) atoms. The van der Waals surface area contributed by atoms with Gasteiger partial charge in [-0.2, -0.15) is 0 Å². The Hall–Kier alpha value is -3.97. The van der Waals surface area contributed by atoms with Crippen molar-refractivity contribution in [1.82, 2.24) is 0 Å². The molecule has 0 saturated carbocycles. The van der Waals surface area contributed by atoms with E-state index in [1.165, 1.54) is 0 Å². The van der Waals surface area contributed by atoms with Crippen LogP contribution in [0.15, 0.2) is 106 Å². The van der Waals surface area contributed by atoms with Crippen molar-refractivity contribution in [3.8, 4) is 0 Å². The number of hydrogen-bond acceptors (Lipinski definition) is 7. The van der Waals surface area contributed by atoms with Gasteiger partial charge in [0.2, 0.25) is 5.90 Å². The van der Waals surface area contributed by atoms with Crippen molar-refractivity contribution in [3.05, 3.63) is 91.0 Å².